The molecule has 1 saturated heterocycles. The van der Waals surface area contributed by atoms with Gasteiger partial charge in [0.2, 0.25) is 10.0 Å². The third kappa shape index (κ3) is 3.05. The van der Waals surface area contributed by atoms with Gasteiger partial charge >= 0.3 is 0 Å². The van der Waals surface area contributed by atoms with Crippen LogP contribution in [0.25, 0.3) is 0 Å². The van der Waals surface area contributed by atoms with Crippen LogP contribution >= 0.6 is 0 Å². The zero-order valence-corrected chi connectivity index (χ0v) is 13.4. The molecular weight excluding hydrogens is 300 g/mol. The normalized spacial score (nSPS) is 19.6. The summed E-state index contributed by atoms with van der Waals surface area (Å²) < 4.78 is 28.7. The van der Waals surface area contributed by atoms with Gasteiger partial charge in [-0.1, -0.05) is 37.3 Å². The molecule has 6 nitrogen and oxygen atoms in total. The van der Waals surface area contributed by atoms with Crippen LogP contribution in [0.15, 0.2) is 36.7 Å². The van der Waals surface area contributed by atoms with Gasteiger partial charge in [-0.2, -0.15) is 4.31 Å². The van der Waals surface area contributed by atoms with Gasteiger partial charge < -0.3 is 4.57 Å². The van der Waals surface area contributed by atoms with Crippen LogP contribution in [0.3, 0.4) is 0 Å². The van der Waals surface area contributed by atoms with Crippen molar-refractivity contribution in [2.75, 3.05) is 13.1 Å². The summed E-state index contributed by atoms with van der Waals surface area (Å²) >= 11 is 0. The third-order valence-corrected chi connectivity index (χ3v) is 5.88. The fourth-order valence-corrected chi connectivity index (χ4v) is 4.47. The first-order valence-corrected chi connectivity index (χ1v) is 9.11. The average Bonchev–Trinajstić information content (AvgIpc) is 3.16. The highest BCUT2D eigenvalue weighted by Gasteiger charge is 2.32. The van der Waals surface area contributed by atoms with Crippen LogP contribution in [0.5, 0.6) is 0 Å². The number of hydrogen-bond acceptors (Lipinski definition) is 4. The van der Waals surface area contributed by atoms with Gasteiger partial charge in [0.1, 0.15) is 12.2 Å². The number of sulfonamides is 1. The van der Waals surface area contributed by atoms with E-state index in [2.05, 4.69) is 10.2 Å². The highest BCUT2D eigenvalue weighted by atomic mass is 32.2. The minimum Gasteiger partial charge on any atom is -0.313 e. The van der Waals surface area contributed by atoms with Gasteiger partial charge in [0.25, 0.3) is 0 Å². The molecule has 2 heterocycles. The Morgan fingerprint density at radius 1 is 1.27 bits per heavy atom. The number of hydrogen-bond donors (Lipinski definition) is 0. The first-order chi connectivity index (χ1) is 10.6. The van der Waals surface area contributed by atoms with Gasteiger partial charge in [-0.3, -0.25) is 0 Å². The molecule has 2 aromatic rings. The molecule has 1 aliphatic rings. The van der Waals surface area contributed by atoms with Crippen molar-refractivity contribution in [3.05, 3.63) is 48.0 Å². The number of rotatable bonds is 5. The molecule has 3 rings (SSSR count). The highest BCUT2D eigenvalue weighted by Crippen LogP contribution is 2.26. The van der Waals surface area contributed by atoms with Gasteiger partial charge in [-0.15, -0.1) is 10.2 Å². The van der Waals surface area contributed by atoms with E-state index < -0.39 is 10.0 Å². The van der Waals surface area contributed by atoms with Crippen molar-refractivity contribution < 1.29 is 8.42 Å². The maximum Gasteiger partial charge on any atom is 0.218 e. The van der Waals surface area contributed by atoms with Crippen molar-refractivity contribution in [1.82, 2.24) is 19.1 Å². The number of aryl methyl sites for hydroxylation is 1. The Morgan fingerprint density at radius 2 is 2.05 bits per heavy atom. The molecule has 118 valence electrons. The van der Waals surface area contributed by atoms with Crippen LogP contribution in [0, 0.1) is 0 Å². The second kappa shape index (κ2) is 6.18. The number of benzene rings is 1. The first kappa shape index (κ1) is 15.2. The van der Waals surface area contributed by atoms with E-state index in [0.717, 1.165) is 24.2 Å². The molecular formula is C15H20N4O2S. The minimum absolute atomic E-state index is 0.0589. The maximum absolute atomic E-state index is 12.6. The molecule has 7 heteroatoms. The molecule has 0 radical (unpaired) electrons. The van der Waals surface area contributed by atoms with Gasteiger partial charge in [-0.05, 0) is 12.0 Å². The topological polar surface area (TPSA) is 68.1 Å². The van der Waals surface area contributed by atoms with E-state index in [1.807, 2.05) is 41.8 Å². The van der Waals surface area contributed by atoms with E-state index in [4.69, 9.17) is 0 Å². The summed E-state index contributed by atoms with van der Waals surface area (Å²) in [5.41, 5.74) is 0.824. The Kier molecular flexibility index (Phi) is 4.26. The van der Waals surface area contributed by atoms with E-state index >= 15 is 0 Å². The van der Waals surface area contributed by atoms with Crippen LogP contribution in [-0.4, -0.2) is 40.6 Å². The lowest BCUT2D eigenvalue weighted by Gasteiger charge is -2.17. The average molecular weight is 320 g/mol. The SMILES string of the molecule is CCc1nncn1C1CCN(S(=O)(=O)Cc2ccccc2)C1. The van der Waals surface area contributed by atoms with E-state index in [0.29, 0.717) is 13.1 Å². The Hall–Kier alpha value is -1.73. The van der Waals surface area contributed by atoms with Crippen molar-refractivity contribution in [1.29, 1.82) is 0 Å². The summed E-state index contributed by atoms with van der Waals surface area (Å²) in [6, 6.07) is 9.45. The fraction of sp³-hybridized carbons (Fsp3) is 0.467. The van der Waals surface area contributed by atoms with Crippen molar-refractivity contribution in [3.8, 4) is 0 Å². The summed E-state index contributed by atoms with van der Waals surface area (Å²) in [6.45, 7) is 3.08. The van der Waals surface area contributed by atoms with Gasteiger partial charge in [0.05, 0.1) is 11.8 Å². The smallest absolute Gasteiger partial charge is 0.218 e. The van der Waals surface area contributed by atoms with Crippen molar-refractivity contribution in [2.24, 2.45) is 0 Å². The highest BCUT2D eigenvalue weighted by molar-refractivity contribution is 7.88. The molecule has 0 bridgehead atoms. The molecule has 1 aliphatic heterocycles. The quantitative estimate of drug-likeness (QED) is 0.839. The van der Waals surface area contributed by atoms with Gasteiger partial charge in [0, 0.05) is 19.5 Å². The molecule has 1 atom stereocenters. The van der Waals surface area contributed by atoms with E-state index in [-0.39, 0.29) is 11.8 Å². The van der Waals surface area contributed by atoms with Crippen LogP contribution in [-0.2, 0) is 22.2 Å². The lowest BCUT2D eigenvalue weighted by molar-refractivity contribution is 0.446. The zero-order chi connectivity index (χ0) is 15.6. The largest absolute Gasteiger partial charge is 0.313 e. The molecule has 22 heavy (non-hydrogen) atoms. The Bertz CT molecular complexity index is 727. The summed E-state index contributed by atoms with van der Waals surface area (Å²) in [5, 5.41) is 8.02. The van der Waals surface area contributed by atoms with Gasteiger partial charge in [-0.25, -0.2) is 8.42 Å². The van der Waals surface area contributed by atoms with Crippen molar-refractivity contribution >= 4 is 10.0 Å². The molecule has 0 saturated carbocycles. The standard InChI is InChI=1S/C15H20N4O2S/c1-2-15-17-16-12-19(15)14-8-9-18(10-14)22(20,21)11-13-6-4-3-5-7-13/h3-7,12,14H,2,8-11H2,1H3. The number of nitrogens with zero attached hydrogens (tertiary/aromatic N) is 4. The Morgan fingerprint density at radius 3 is 2.77 bits per heavy atom. The Labute approximate surface area is 130 Å². The predicted molar refractivity (Wildman–Crippen MR) is 83.7 cm³/mol. The van der Waals surface area contributed by atoms with E-state index in [1.165, 1.54) is 0 Å². The molecule has 0 amide bonds. The fourth-order valence-electron chi connectivity index (χ4n) is 2.89. The second-order valence-electron chi connectivity index (χ2n) is 5.55. The summed E-state index contributed by atoms with van der Waals surface area (Å²) in [6.07, 6.45) is 3.31. The maximum atomic E-state index is 12.6. The third-order valence-electron chi connectivity index (χ3n) is 4.07. The monoisotopic (exact) mass is 320 g/mol. The van der Waals surface area contributed by atoms with Crippen LogP contribution in [0.4, 0.5) is 0 Å². The molecule has 1 aromatic carbocycles. The Balaban J connectivity index is 1.72. The summed E-state index contributed by atoms with van der Waals surface area (Å²) in [7, 11) is -3.28. The molecule has 1 fully saturated rings. The van der Waals surface area contributed by atoms with Crippen LogP contribution in [0.2, 0.25) is 0 Å². The second-order valence-corrected chi connectivity index (χ2v) is 7.52. The van der Waals surface area contributed by atoms with Crippen LogP contribution < -0.4 is 0 Å². The zero-order valence-electron chi connectivity index (χ0n) is 12.6. The van der Waals surface area contributed by atoms with Crippen LogP contribution in [0.1, 0.15) is 30.8 Å². The summed E-state index contributed by atoms with van der Waals surface area (Å²) in [5.74, 6) is 0.968. The van der Waals surface area contributed by atoms with E-state index in [1.54, 1.807) is 10.6 Å². The molecule has 1 unspecified atom stereocenters. The van der Waals surface area contributed by atoms with E-state index in [9.17, 15) is 8.42 Å². The van der Waals surface area contributed by atoms with Gasteiger partial charge in [0.15, 0.2) is 0 Å². The number of aromatic nitrogens is 3. The molecule has 0 aliphatic carbocycles. The molecule has 0 N–H and O–H groups in total. The molecule has 1 aromatic heterocycles. The summed E-state index contributed by atoms with van der Waals surface area (Å²) in [4.78, 5) is 0. The lowest BCUT2D eigenvalue weighted by atomic mass is 10.2. The van der Waals surface area contributed by atoms with Crippen molar-refractivity contribution in [2.45, 2.75) is 31.6 Å². The minimum atomic E-state index is -3.28. The predicted octanol–water partition coefficient (Wildman–Crippen LogP) is 1.62. The van der Waals surface area contributed by atoms with Crippen molar-refractivity contribution in [3.63, 3.8) is 0 Å². The molecule has 0 spiro atoms. The lowest BCUT2D eigenvalue weighted by Crippen LogP contribution is -2.30. The first-order valence-electron chi connectivity index (χ1n) is 7.50.